The second-order valence-electron chi connectivity index (χ2n) is 5.13. The summed E-state index contributed by atoms with van der Waals surface area (Å²) in [6, 6.07) is 12.7. The Balaban J connectivity index is 1.69. The van der Waals surface area contributed by atoms with Crippen LogP contribution >= 0.6 is 0 Å². The third kappa shape index (κ3) is 3.89. The van der Waals surface area contributed by atoms with Crippen molar-refractivity contribution in [2.24, 2.45) is 5.10 Å². The predicted molar refractivity (Wildman–Crippen MR) is 92.0 cm³/mol. The second kappa shape index (κ2) is 7.39. The Morgan fingerprint density at radius 1 is 1.20 bits per heavy atom. The summed E-state index contributed by atoms with van der Waals surface area (Å²) >= 11 is 0. The van der Waals surface area contributed by atoms with Gasteiger partial charge in [0, 0.05) is 16.7 Å². The molecule has 0 radical (unpaired) electrons. The number of carbonyl (C=O) groups excluding carboxylic acids is 1. The van der Waals surface area contributed by atoms with Gasteiger partial charge in [0.1, 0.15) is 11.6 Å². The Bertz CT molecular complexity index is 886. The molecule has 25 heavy (non-hydrogen) atoms. The van der Waals surface area contributed by atoms with E-state index in [-0.39, 0.29) is 11.7 Å². The molecule has 1 heterocycles. The van der Waals surface area contributed by atoms with Gasteiger partial charge in [-0.2, -0.15) is 10.2 Å². The molecule has 0 atom stereocenters. The number of methoxy groups -OCH3 is 1. The Hall–Kier alpha value is -3.48. The van der Waals surface area contributed by atoms with E-state index in [2.05, 4.69) is 20.7 Å². The molecule has 0 saturated heterocycles. The van der Waals surface area contributed by atoms with E-state index in [1.165, 1.54) is 18.3 Å². The second-order valence-corrected chi connectivity index (χ2v) is 5.13. The van der Waals surface area contributed by atoms with Gasteiger partial charge >= 0.3 is 0 Å². The lowest BCUT2D eigenvalue weighted by molar-refractivity contribution is 0.0955. The standard InChI is InChI=1S/C18H15FN4O2/c1-25-16-8-4-13(5-9-16)18(24)23-21-11-14-10-20-22-17(14)12-2-6-15(19)7-3-12/h2-11H,1H3,(H,20,22)(H,23,24). The van der Waals surface area contributed by atoms with Crippen LogP contribution in [-0.2, 0) is 0 Å². The Morgan fingerprint density at radius 3 is 2.60 bits per heavy atom. The van der Waals surface area contributed by atoms with E-state index in [9.17, 15) is 9.18 Å². The lowest BCUT2D eigenvalue weighted by Crippen LogP contribution is -2.17. The maximum Gasteiger partial charge on any atom is 0.271 e. The van der Waals surface area contributed by atoms with Crippen LogP contribution in [0.5, 0.6) is 5.75 Å². The third-order valence-electron chi connectivity index (χ3n) is 3.52. The van der Waals surface area contributed by atoms with E-state index in [1.54, 1.807) is 49.7 Å². The molecular formula is C18H15FN4O2. The quantitative estimate of drug-likeness (QED) is 0.554. The van der Waals surface area contributed by atoms with E-state index in [0.717, 1.165) is 5.56 Å². The van der Waals surface area contributed by atoms with Crippen molar-refractivity contribution in [3.8, 4) is 17.0 Å². The summed E-state index contributed by atoms with van der Waals surface area (Å²) in [6.45, 7) is 0. The molecule has 3 aromatic rings. The topological polar surface area (TPSA) is 79.4 Å². The minimum Gasteiger partial charge on any atom is -0.497 e. The number of benzene rings is 2. The average Bonchev–Trinajstić information content (AvgIpc) is 3.11. The maximum absolute atomic E-state index is 13.0. The highest BCUT2D eigenvalue weighted by Crippen LogP contribution is 2.20. The number of hydrogen-bond donors (Lipinski definition) is 2. The molecule has 6 nitrogen and oxygen atoms in total. The van der Waals surface area contributed by atoms with E-state index in [4.69, 9.17) is 4.74 Å². The summed E-state index contributed by atoms with van der Waals surface area (Å²) < 4.78 is 18.1. The van der Waals surface area contributed by atoms with Crippen molar-refractivity contribution in [1.82, 2.24) is 15.6 Å². The van der Waals surface area contributed by atoms with Gasteiger partial charge in [-0.3, -0.25) is 9.89 Å². The Labute approximate surface area is 143 Å². The smallest absolute Gasteiger partial charge is 0.271 e. The molecule has 0 fully saturated rings. The van der Waals surface area contributed by atoms with Gasteiger partial charge in [0.05, 0.1) is 25.2 Å². The fourth-order valence-corrected chi connectivity index (χ4v) is 2.21. The Morgan fingerprint density at radius 2 is 1.92 bits per heavy atom. The summed E-state index contributed by atoms with van der Waals surface area (Å²) in [5.41, 5.74) is 5.03. The van der Waals surface area contributed by atoms with Crippen LogP contribution in [0.3, 0.4) is 0 Å². The van der Waals surface area contributed by atoms with Gasteiger partial charge in [-0.1, -0.05) is 0 Å². The lowest BCUT2D eigenvalue weighted by Gasteiger charge is -2.02. The molecule has 0 bridgehead atoms. The number of rotatable bonds is 5. The van der Waals surface area contributed by atoms with Crippen LogP contribution in [0, 0.1) is 5.82 Å². The highest BCUT2D eigenvalue weighted by molar-refractivity contribution is 5.95. The number of carbonyl (C=O) groups is 1. The molecule has 0 aliphatic rings. The van der Waals surface area contributed by atoms with E-state index < -0.39 is 0 Å². The van der Waals surface area contributed by atoms with E-state index in [1.807, 2.05) is 0 Å². The lowest BCUT2D eigenvalue weighted by atomic mass is 10.1. The van der Waals surface area contributed by atoms with Crippen molar-refractivity contribution in [2.45, 2.75) is 0 Å². The van der Waals surface area contributed by atoms with Crippen LogP contribution in [0.15, 0.2) is 59.8 Å². The molecule has 0 aliphatic carbocycles. The molecule has 1 amide bonds. The van der Waals surface area contributed by atoms with Crippen molar-refractivity contribution in [3.63, 3.8) is 0 Å². The zero-order valence-electron chi connectivity index (χ0n) is 13.4. The molecule has 2 N–H and O–H groups in total. The number of nitrogens with zero attached hydrogens (tertiary/aromatic N) is 2. The molecular weight excluding hydrogens is 323 g/mol. The minimum absolute atomic E-state index is 0.315. The first kappa shape index (κ1) is 16.4. The van der Waals surface area contributed by atoms with Gasteiger partial charge in [-0.15, -0.1) is 0 Å². The van der Waals surface area contributed by atoms with Gasteiger partial charge in [0.2, 0.25) is 0 Å². The van der Waals surface area contributed by atoms with E-state index in [0.29, 0.717) is 22.6 Å². The highest BCUT2D eigenvalue weighted by atomic mass is 19.1. The minimum atomic E-state index is -0.342. The van der Waals surface area contributed by atoms with Crippen LogP contribution in [0.25, 0.3) is 11.3 Å². The summed E-state index contributed by atoms with van der Waals surface area (Å²) in [5, 5.41) is 10.7. The van der Waals surface area contributed by atoms with Crippen LogP contribution in [0.1, 0.15) is 15.9 Å². The largest absolute Gasteiger partial charge is 0.497 e. The summed E-state index contributed by atoms with van der Waals surface area (Å²) in [4.78, 5) is 12.0. The van der Waals surface area contributed by atoms with Crippen molar-refractivity contribution in [3.05, 3.63) is 71.7 Å². The summed E-state index contributed by atoms with van der Waals surface area (Å²) in [6.07, 6.45) is 3.05. The number of amides is 1. The number of nitrogens with one attached hydrogen (secondary N) is 2. The number of aromatic nitrogens is 2. The number of ether oxygens (including phenoxy) is 1. The number of hydrazone groups is 1. The molecule has 0 saturated carbocycles. The molecule has 3 rings (SSSR count). The first-order valence-electron chi connectivity index (χ1n) is 7.44. The SMILES string of the molecule is COc1ccc(C(=O)NN=Cc2cn[nH]c2-c2ccc(F)cc2)cc1. The van der Waals surface area contributed by atoms with Crippen LogP contribution in [0.2, 0.25) is 0 Å². The fraction of sp³-hybridized carbons (Fsp3) is 0.0556. The molecule has 0 unspecified atom stereocenters. The fourth-order valence-electron chi connectivity index (χ4n) is 2.21. The molecule has 0 aliphatic heterocycles. The maximum atomic E-state index is 13.0. The van der Waals surface area contributed by atoms with Crippen molar-refractivity contribution >= 4 is 12.1 Å². The van der Waals surface area contributed by atoms with Crippen molar-refractivity contribution in [1.29, 1.82) is 0 Å². The predicted octanol–water partition coefficient (Wildman–Crippen LogP) is 2.99. The first-order chi connectivity index (χ1) is 12.2. The Kier molecular flexibility index (Phi) is 4.84. The summed E-state index contributed by atoms with van der Waals surface area (Å²) in [7, 11) is 1.56. The van der Waals surface area contributed by atoms with Crippen molar-refractivity contribution in [2.75, 3.05) is 7.11 Å². The molecule has 2 aromatic carbocycles. The molecule has 1 aromatic heterocycles. The average molecular weight is 338 g/mol. The number of H-pyrrole nitrogens is 1. The normalized spacial score (nSPS) is 10.8. The van der Waals surface area contributed by atoms with Gasteiger partial charge < -0.3 is 4.74 Å². The van der Waals surface area contributed by atoms with Gasteiger partial charge in [-0.25, -0.2) is 9.82 Å². The third-order valence-corrected chi connectivity index (χ3v) is 3.52. The number of aromatic amines is 1. The monoisotopic (exact) mass is 338 g/mol. The van der Waals surface area contributed by atoms with Gasteiger partial charge in [0.15, 0.2) is 0 Å². The highest BCUT2D eigenvalue weighted by Gasteiger charge is 2.07. The van der Waals surface area contributed by atoms with Crippen LogP contribution in [0.4, 0.5) is 4.39 Å². The molecule has 7 heteroatoms. The summed E-state index contributed by atoms with van der Waals surface area (Å²) in [5.74, 6) is 0.0124. The molecule has 126 valence electrons. The molecule has 0 spiro atoms. The number of halogens is 1. The first-order valence-corrected chi connectivity index (χ1v) is 7.44. The van der Waals surface area contributed by atoms with Crippen LogP contribution < -0.4 is 10.2 Å². The van der Waals surface area contributed by atoms with Gasteiger partial charge in [-0.05, 0) is 48.5 Å². The zero-order valence-corrected chi connectivity index (χ0v) is 13.4. The van der Waals surface area contributed by atoms with Crippen LogP contribution in [-0.4, -0.2) is 29.4 Å². The number of hydrogen-bond acceptors (Lipinski definition) is 4. The van der Waals surface area contributed by atoms with E-state index >= 15 is 0 Å². The van der Waals surface area contributed by atoms with Gasteiger partial charge in [0.25, 0.3) is 5.91 Å². The zero-order chi connectivity index (χ0) is 17.6. The van der Waals surface area contributed by atoms with Crippen molar-refractivity contribution < 1.29 is 13.9 Å².